The molecule has 0 amide bonds. The Kier molecular flexibility index (Phi) is 2.74. The molecule has 1 rings (SSSR count). The van der Waals surface area contributed by atoms with Gasteiger partial charge in [0.25, 0.3) is 0 Å². The van der Waals surface area contributed by atoms with Crippen LogP contribution in [0.4, 0.5) is 0 Å². The van der Waals surface area contributed by atoms with Crippen molar-refractivity contribution in [1.82, 2.24) is 0 Å². The van der Waals surface area contributed by atoms with Crippen molar-refractivity contribution in [2.24, 2.45) is 5.11 Å². The Balaban J connectivity index is 2.79. The maximum atomic E-state index is 9.89. The van der Waals surface area contributed by atoms with Crippen molar-refractivity contribution in [3.8, 4) is 0 Å². The molecule has 1 aliphatic carbocycles. The molecule has 1 saturated carbocycles. The van der Waals surface area contributed by atoms with Crippen molar-refractivity contribution in [3.63, 3.8) is 0 Å². The predicted molar refractivity (Wildman–Crippen MR) is 46.5 cm³/mol. The Morgan fingerprint density at radius 2 is 2.42 bits per heavy atom. The minimum absolute atomic E-state index is 0.325. The summed E-state index contributed by atoms with van der Waals surface area (Å²) in [5, 5.41) is 13.5. The SMILES string of the molecule is C=C[C@@]1(O)CCCC[C@@H]1N=[N+]=[N-]. The van der Waals surface area contributed by atoms with Gasteiger partial charge in [-0.25, -0.2) is 0 Å². The number of aliphatic hydroxyl groups is 1. The molecule has 12 heavy (non-hydrogen) atoms. The summed E-state index contributed by atoms with van der Waals surface area (Å²) in [6.45, 7) is 3.56. The summed E-state index contributed by atoms with van der Waals surface area (Å²) >= 11 is 0. The van der Waals surface area contributed by atoms with E-state index in [9.17, 15) is 5.11 Å². The first-order valence-corrected chi connectivity index (χ1v) is 4.13. The monoisotopic (exact) mass is 167 g/mol. The summed E-state index contributed by atoms with van der Waals surface area (Å²) in [7, 11) is 0. The van der Waals surface area contributed by atoms with Crippen LogP contribution in [0.2, 0.25) is 0 Å². The van der Waals surface area contributed by atoms with Crippen LogP contribution in [0.15, 0.2) is 17.8 Å². The minimum Gasteiger partial charge on any atom is -0.385 e. The molecule has 1 aliphatic rings. The second kappa shape index (κ2) is 3.61. The van der Waals surface area contributed by atoms with Gasteiger partial charge in [-0.05, 0) is 18.4 Å². The molecule has 0 aromatic carbocycles. The van der Waals surface area contributed by atoms with Gasteiger partial charge in [0.15, 0.2) is 0 Å². The molecule has 0 bridgehead atoms. The molecule has 0 heterocycles. The Labute approximate surface area is 71.5 Å². The van der Waals surface area contributed by atoms with Gasteiger partial charge in [0.1, 0.15) is 0 Å². The second-order valence-corrected chi connectivity index (χ2v) is 3.16. The Morgan fingerprint density at radius 3 is 3.00 bits per heavy atom. The zero-order valence-corrected chi connectivity index (χ0v) is 6.98. The Bertz CT molecular complexity index is 222. The van der Waals surface area contributed by atoms with Crippen LogP contribution in [-0.4, -0.2) is 16.7 Å². The van der Waals surface area contributed by atoms with Gasteiger partial charge in [-0.3, -0.25) is 0 Å². The summed E-state index contributed by atoms with van der Waals surface area (Å²) in [4.78, 5) is 2.72. The molecule has 1 fully saturated rings. The quantitative estimate of drug-likeness (QED) is 0.291. The number of hydrogen-bond donors (Lipinski definition) is 1. The molecular formula is C8H13N3O. The van der Waals surface area contributed by atoms with Crippen molar-refractivity contribution >= 4 is 0 Å². The number of rotatable bonds is 2. The molecule has 4 nitrogen and oxygen atoms in total. The largest absolute Gasteiger partial charge is 0.385 e. The first kappa shape index (κ1) is 9.10. The highest BCUT2D eigenvalue weighted by molar-refractivity contribution is 5.06. The third-order valence-electron chi connectivity index (χ3n) is 2.43. The summed E-state index contributed by atoms with van der Waals surface area (Å²) < 4.78 is 0. The summed E-state index contributed by atoms with van der Waals surface area (Å²) in [5.74, 6) is 0. The van der Waals surface area contributed by atoms with Gasteiger partial charge in [-0.2, -0.15) is 0 Å². The van der Waals surface area contributed by atoms with Crippen LogP contribution >= 0.6 is 0 Å². The van der Waals surface area contributed by atoms with Crippen LogP contribution in [0.5, 0.6) is 0 Å². The van der Waals surface area contributed by atoms with Gasteiger partial charge in [-0.1, -0.05) is 24.0 Å². The van der Waals surface area contributed by atoms with E-state index in [1.807, 2.05) is 0 Å². The van der Waals surface area contributed by atoms with E-state index >= 15 is 0 Å². The molecule has 1 N–H and O–H groups in total. The van der Waals surface area contributed by atoms with E-state index in [0.717, 1.165) is 19.3 Å². The van der Waals surface area contributed by atoms with Crippen molar-refractivity contribution in [2.45, 2.75) is 37.3 Å². The number of azide groups is 1. The Morgan fingerprint density at radius 1 is 1.67 bits per heavy atom. The maximum absolute atomic E-state index is 9.89. The fourth-order valence-electron chi connectivity index (χ4n) is 1.62. The highest BCUT2D eigenvalue weighted by atomic mass is 16.3. The van der Waals surface area contributed by atoms with Gasteiger partial charge in [0.2, 0.25) is 0 Å². The van der Waals surface area contributed by atoms with Crippen molar-refractivity contribution in [2.75, 3.05) is 0 Å². The van der Waals surface area contributed by atoms with E-state index in [4.69, 9.17) is 5.53 Å². The van der Waals surface area contributed by atoms with Gasteiger partial charge in [-0.15, -0.1) is 6.58 Å². The molecule has 2 atom stereocenters. The lowest BCUT2D eigenvalue weighted by Gasteiger charge is -2.34. The van der Waals surface area contributed by atoms with Crippen LogP contribution in [0, 0.1) is 0 Å². The fourth-order valence-corrected chi connectivity index (χ4v) is 1.62. The zero-order chi connectivity index (χ0) is 9.03. The fraction of sp³-hybridized carbons (Fsp3) is 0.750. The minimum atomic E-state index is -0.968. The van der Waals surface area contributed by atoms with Crippen LogP contribution < -0.4 is 0 Å². The van der Waals surface area contributed by atoms with E-state index in [1.54, 1.807) is 0 Å². The van der Waals surface area contributed by atoms with E-state index < -0.39 is 5.60 Å². The molecule has 0 aromatic heterocycles. The molecular weight excluding hydrogens is 154 g/mol. The van der Waals surface area contributed by atoms with Crippen LogP contribution in [0.25, 0.3) is 10.4 Å². The van der Waals surface area contributed by atoms with E-state index in [0.29, 0.717) is 6.42 Å². The van der Waals surface area contributed by atoms with Crippen LogP contribution in [0.3, 0.4) is 0 Å². The maximum Gasteiger partial charge on any atom is 0.0909 e. The molecule has 0 saturated heterocycles. The highest BCUT2D eigenvalue weighted by Gasteiger charge is 2.35. The lowest BCUT2D eigenvalue weighted by Crippen LogP contribution is -2.41. The molecule has 4 heteroatoms. The number of nitrogens with zero attached hydrogens (tertiary/aromatic N) is 3. The molecule has 0 aromatic rings. The Hall–Kier alpha value is -0.990. The van der Waals surface area contributed by atoms with Crippen molar-refractivity contribution in [3.05, 3.63) is 23.1 Å². The van der Waals surface area contributed by atoms with Gasteiger partial charge >= 0.3 is 0 Å². The summed E-state index contributed by atoms with van der Waals surface area (Å²) in [6, 6.07) is -0.325. The van der Waals surface area contributed by atoms with Gasteiger partial charge in [0.05, 0.1) is 11.6 Å². The van der Waals surface area contributed by atoms with E-state index in [-0.39, 0.29) is 6.04 Å². The zero-order valence-electron chi connectivity index (χ0n) is 6.98. The summed E-state index contributed by atoms with van der Waals surface area (Å²) in [5.41, 5.74) is 7.29. The normalized spacial score (nSPS) is 35.2. The standard InChI is InChI=1S/C8H13N3O/c1-2-8(12)6-4-3-5-7(8)10-11-9/h2,7,12H,1,3-6H2/t7-,8+/m0/s1. The molecule has 0 spiro atoms. The lowest BCUT2D eigenvalue weighted by atomic mass is 9.81. The average molecular weight is 167 g/mol. The molecule has 66 valence electrons. The van der Waals surface area contributed by atoms with E-state index in [2.05, 4.69) is 16.6 Å². The van der Waals surface area contributed by atoms with Gasteiger partial charge in [0, 0.05) is 4.91 Å². The van der Waals surface area contributed by atoms with Gasteiger partial charge < -0.3 is 5.11 Å². The van der Waals surface area contributed by atoms with E-state index in [1.165, 1.54) is 6.08 Å². The molecule has 0 unspecified atom stereocenters. The average Bonchev–Trinajstić information content (AvgIpc) is 2.10. The van der Waals surface area contributed by atoms with Crippen LogP contribution in [-0.2, 0) is 0 Å². The highest BCUT2D eigenvalue weighted by Crippen LogP contribution is 2.31. The molecule has 0 aliphatic heterocycles. The van der Waals surface area contributed by atoms with Crippen molar-refractivity contribution in [1.29, 1.82) is 0 Å². The second-order valence-electron chi connectivity index (χ2n) is 3.16. The van der Waals surface area contributed by atoms with Crippen LogP contribution in [0.1, 0.15) is 25.7 Å². The smallest absolute Gasteiger partial charge is 0.0909 e. The number of hydrogen-bond acceptors (Lipinski definition) is 2. The van der Waals surface area contributed by atoms with Crippen molar-refractivity contribution < 1.29 is 5.11 Å². The first-order valence-electron chi connectivity index (χ1n) is 4.13. The lowest BCUT2D eigenvalue weighted by molar-refractivity contribution is 0.0321. The topological polar surface area (TPSA) is 69.0 Å². The third kappa shape index (κ3) is 1.60. The summed E-state index contributed by atoms with van der Waals surface area (Å²) in [6.07, 6.45) is 4.89. The predicted octanol–water partition coefficient (Wildman–Crippen LogP) is 2.16. The molecule has 0 radical (unpaired) electrons. The first-order chi connectivity index (χ1) is 5.73. The third-order valence-corrected chi connectivity index (χ3v) is 2.43.